The number of rotatable bonds is 5. The molecule has 1 aliphatic rings. The molecule has 0 spiro atoms. The molecule has 1 aromatic rings. The molecule has 0 saturated carbocycles. The third-order valence-electron chi connectivity index (χ3n) is 4.73. The number of nitrogens with one attached hydrogen (secondary N) is 1. The van der Waals surface area contributed by atoms with E-state index in [9.17, 15) is 4.79 Å². The number of nitrogens with two attached hydrogens (primary N) is 1. The van der Waals surface area contributed by atoms with Crippen molar-refractivity contribution in [1.82, 2.24) is 10.2 Å². The maximum atomic E-state index is 12.2. The van der Waals surface area contributed by atoms with Crippen LogP contribution in [-0.4, -0.2) is 50.3 Å². The van der Waals surface area contributed by atoms with Gasteiger partial charge in [0.05, 0.1) is 6.10 Å². The van der Waals surface area contributed by atoms with E-state index in [0.29, 0.717) is 13.1 Å². The lowest BCUT2D eigenvalue weighted by Crippen LogP contribution is -2.51. The molecule has 0 bridgehead atoms. The zero-order valence-electron chi connectivity index (χ0n) is 13.5. The Balaban J connectivity index is 1.93. The summed E-state index contributed by atoms with van der Waals surface area (Å²) in [4.78, 5) is 14.1. The van der Waals surface area contributed by atoms with E-state index in [1.807, 2.05) is 17.9 Å². The first kappa shape index (κ1) is 16.8. The lowest BCUT2D eigenvalue weighted by molar-refractivity contribution is 0.112. The summed E-state index contributed by atoms with van der Waals surface area (Å²) >= 11 is 0. The first-order valence-corrected chi connectivity index (χ1v) is 7.92. The largest absolute Gasteiger partial charge is 0.380 e. The fourth-order valence-corrected chi connectivity index (χ4v) is 2.97. The van der Waals surface area contributed by atoms with Crippen molar-refractivity contribution in [2.24, 2.45) is 5.73 Å². The van der Waals surface area contributed by atoms with E-state index in [0.717, 1.165) is 25.9 Å². The molecule has 1 aliphatic heterocycles. The summed E-state index contributed by atoms with van der Waals surface area (Å²) in [5, 5.41) is 2.92. The average Bonchev–Trinajstić information content (AvgIpc) is 2.60. The van der Waals surface area contributed by atoms with Crippen molar-refractivity contribution < 1.29 is 9.53 Å². The molecule has 5 heteroatoms. The van der Waals surface area contributed by atoms with E-state index in [4.69, 9.17) is 10.5 Å². The molecule has 2 amide bonds. The molecular weight excluding hydrogens is 278 g/mol. The fraction of sp³-hybridized carbons (Fsp3) is 0.588. The van der Waals surface area contributed by atoms with Gasteiger partial charge in [0.1, 0.15) is 0 Å². The molecule has 0 radical (unpaired) electrons. The summed E-state index contributed by atoms with van der Waals surface area (Å²) in [6, 6.07) is 10.4. The summed E-state index contributed by atoms with van der Waals surface area (Å²) in [7, 11) is 1.65. The molecule has 1 atom stereocenters. The van der Waals surface area contributed by atoms with Gasteiger partial charge in [0, 0.05) is 38.7 Å². The van der Waals surface area contributed by atoms with Crippen LogP contribution in [0.2, 0.25) is 0 Å². The molecule has 1 aromatic carbocycles. The highest BCUT2D eigenvalue weighted by atomic mass is 16.5. The Morgan fingerprint density at radius 3 is 2.55 bits per heavy atom. The van der Waals surface area contributed by atoms with Crippen LogP contribution in [0.1, 0.15) is 25.3 Å². The maximum Gasteiger partial charge on any atom is 0.317 e. The van der Waals surface area contributed by atoms with Gasteiger partial charge < -0.3 is 20.7 Å². The molecule has 5 nitrogen and oxygen atoms in total. The van der Waals surface area contributed by atoms with Crippen molar-refractivity contribution in [3.8, 4) is 0 Å². The summed E-state index contributed by atoms with van der Waals surface area (Å²) < 4.78 is 5.15. The average molecular weight is 305 g/mol. The van der Waals surface area contributed by atoms with E-state index in [1.165, 1.54) is 5.56 Å². The van der Waals surface area contributed by atoms with Crippen molar-refractivity contribution >= 4 is 6.03 Å². The number of ether oxygens (including phenoxy) is 1. The first-order chi connectivity index (χ1) is 10.6. The third kappa shape index (κ3) is 3.78. The summed E-state index contributed by atoms with van der Waals surface area (Å²) in [6.45, 7) is 4.56. The third-order valence-corrected chi connectivity index (χ3v) is 4.73. The van der Waals surface area contributed by atoms with Gasteiger partial charge in [0.25, 0.3) is 0 Å². The lowest BCUT2D eigenvalue weighted by atomic mass is 9.73. The second-order valence-corrected chi connectivity index (χ2v) is 6.07. The summed E-state index contributed by atoms with van der Waals surface area (Å²) in [5.41, 5.74) is 7.35. The maximum absolute atomic E-state index is 12.2. The standard InChI is InChI=1S/C17H27N3O2/c1-14(22-2)12-19-16(21)20-10-8-17(13-18,9-11-20)15-6-4-3-5-7-15/h3-7,14H,8-13,18H2,1-2H3,(H,19,21)/t14-/m0/s1. The highest BCUT2D eigenvalue weighted by Gasteiger charge is 2.36. The zero-order chi connectivity index (χ0) is 16.0. The number of benzene rings is 1. The molecule has 0 aromatic heterocycles. The van der Waals surface area contributed by atoms with Crippen LogP contribution in [-0.2, 0) is 10.2 Å². The van der Waals surface area contributed by atoms with Gasteiger partial charge in [-0.1, -0.05) is 30.3 Å². The first-order valence-electron chi connectivity index (χ1n) is 7.92. The number of hydrogen-bond donors (Lipinski definition) is 2. The number of hydrogen-bond acceptors (Lipinski definition) is 3. The smallest absolute Gasteiger partial charge is 0.317 e. The van der Waals surface area contributed by atoms with Crippen LogP contribution in [0.15, 0.2) is 30.3 Å². The van der Waals surface area contributed by atoms with Crippen LogP contribution >= 0.6 is 0 Å². The van der Waals surface area contributed by atoms with Gasteiger partial charge in [-0.15, -0.1) is 0 Å². The van der Waals surface area contributed by atoms with Gasteiger partial charge in [0.15, 0.2) is 0 Å². The van der Waals surface area contributed by atoms with Crippen LogP contribution in [0, 0.1) is 0 Å². The van der Waals surface area contributed by atoms with E-state index in [-0.39, 0.29) is 17.6 Å². The van der Waals surface area contributed by atoms with Crippen LogP contribution in [0.4, 0.5) is 4.79 Å². The molecule has 3 N–H and O–H groups in total. The normalized spacial score (nSPS) is 18.8. The zero-order valence-corrected chi connectivity index (χ0v) is 13.5. The predicted molar refractivity (Wildman–Crippen MR) is 87.9 cm³/mol. The number of likely N-dealkylation sites (tertiary alicyclic amines) is 1. The van der Waals surface area contributed by atoms with E-state index in [1.54, 1.807) is 7.11 Å². The van der Waals surface area contributed by atoms with Crippen molar-refractivity contribution in [2.45, 2.75) is 31.3 Å². The molecule has 1 heterocycles. The summed E-state index contributed by atoms with van der Waals surface area (Å²) in [5.74, 6) is 0. The van der Waals surface area contributed by atoms with Crippen molar-refractivity contribution in [3.63, 3.8) is 0 Å². The number of carbonyl (C=O) groups is 1. The SMILES string of the molecule is CO[C@@H](C)CNC(=O)N1CCC(CN)(c2ccccc2)CC1. The quantitative estimate of drug-likeness (QED) is 0.870. The fourth-order valence-electron chi connectivity index (χ4n) is 2.97. The molecule has 2 rings (SSSR count). The van der Waals surface area contributed by atoms with Crippen LogP contribution in [0.25, 0.3) is 0 Å². The molecule has 22 heavy (non-hydrogen) atoms. The molecule has 122 valence electrons. The van der Waals surface area contributed by atoms with E-state index in [2.05, 4.69) is 29.6 Å². The number of nitrogens with zero attached hydrogens (tertiary/aromatic N) is 1. The summed E-state index contributed by atoms with van der Waals surface area (Å²) in [6.07, 6.45) is 1.84. The van der Waals surface area contributed by atoms with Crippen LogP contribution in [0.5, 0.6) is 0 Å². The van der Waals surface area contributed by atoms with Gasteiger partial charge in [-0.25, -0.2) is 4.79 Å². The monoisotopic (exact) mass is 305 g/mol. The number of carbonyl (C=O) groups excluding carboxylic acids is 1. The Hall–Kier alpha value is -1.59. The Bertz CT molecular complexity index is 470. The molecular formula is C17H27N3O2. The molecule has 1 saturated heterocycles. The minimum atomic E-state index is -0.0115. The van der Waals surface area contributed by atoms with Crippen molar-refractivity contribution in [2.75, 3.05) is 33.3 Å². The van der Waals surface area contributed by atoms with Crippen molar-refractivity contribution in [1.29, 1.82) is 0 Å². The van der Waals surface area contributed by atoms with Crippen LogP contribution in [0.3, 0.4) is 0 Å². The Morgan fingerprint density at radius 1 is 1.36 bits per heavy atom. The number of amides is 2. The number of methoxy groups -OCH3 is 1. The van der Waals surface area contributed by atoms with Gasteiger partial charge in [-0.05, 0) is 25.3 Å². The van der Waals surface area contributed by atoms with Gasteiger partial charge in [-0.2, -0.15) is 0 Å². The van der Waals surface area contributed by atoms with Crippen molar-refractivity contribution in [3.05, 3.63) is 35.9 Å². The second-order valence-electron chi connectivity index (χ2n) is 6.07. The minimum absolute atomic E-state index is 0.00212. The highest BCUT2D eigenvalue weighted by molar-refractivity contribution is 5.74. The second kappa shape index (κ2) is 7.61. The van der Waals surface area contributed by atoms with Gasteiger partial charge in [-0.3, -0.25) is 0 Å². The van der Waals surface area contributed by atoms with E-state index >= 15 is 0 Å². The highest BCUT2D eigenvalue weighted by Crippen LogP contribution is 2.34. The number of piperidine rings is 1. The van der Waals surface area contributed by atoms with E-state index < -0.39 is 0 Å². The Labute approximate surface area is 132 Å². The van der Waals surface area contributed by atoms with Crippen LogP contribution < -0.4 is 11.1 Å². The lowest BCUT2D eigenvalue weighted by Gasteiger charge is -2.41. The molecule has 1 fully saturated rings. The van der Waals surface area contributed by atoms with Gasteiger partial charge in [0.2, 0.25) is 0 Å². The molecule has 0 unspecified atom stereocenters. The number of urea groups is 1. The Morgan fingerprint density at radius 2 is 2.00 bits per heavy atom. The Kier molecular flexibility index (Phi) is 5.80. The molecule has 0 aliphatic carbocycles. The van der Waals surface area contributed by atoms with Gasteiger partial charge >= 0.3 is 6.03 Å². The minimum Gasteiger partial charge on any atom is -0.380 e. The topological polar surface area (TPSA) is 67.6 Å². The predicted octanol–water partition coefficient (Wildman–Crippen LogP) is 1.72.